The Labute approximate surface area is 72.2 Å². The van der Waals surface area contributed by atoms with Gasteiger partial charge in [-0.2, -0.15) is 0 Å². The number of rotatable bonds is 3. The minimum absolute atomic E-state index is 0.127. The summed E-state index contributed by atoms with van der Waals surface area (Å²) < 4.78 is 9.66. The van der Waals surface area contributed by atoms with E-state index in [1.807, 2.05) is 0 Å². The van der Waals surface area contributed by atoms with Crippen molar-refractivity contribution >= 4 is 5.97 Å². The van der Waals surface area contributed by atoms with Crippen LogP contribution in [0.2, 0.25) is 0 Å². The van der Waals surface area contributed by atoms with Crippen LogP contribution in [-0.4, -0.2) is 38.9 Å². The van der Waals surface area contributed by atoms with E-state index >= 15 is 0 Å². The van der Waals surface area contributed by atoms with Gasteiger partial charge in [-0.3, -0.25) is 0 Å². The summed E-state index contributed by atoms with van der Waals surface area (Å²) in [5.41, 5.74) is 0. The van der Waals surface area contributed by atoms with Gasteiger partial charge in [-0.1, -0.05) is 0 Å². The first-order valence-electron chi connectivity index (χ1n) is 4.13. The van der Waals surface area contributed by atoms with Crippen molar-refractivity contribution in [3.8, 4) is 0 Å². The van der Waals surface area contributed by atoms with Crippen LogP contribution in [0, 0.1) is 0 Å². The normalized spacial score (nSPS) is 25.3. The van der Waals surface area contributed by atoms with E-state index < -0.39 is 6.10 Å². The van der Waals surface area contributed by atoms with Crippen LogP contribution in [0.4, 0.5) is 0 Å². The zero-order valence-electron chi connectivity index (χ0n) is 7.50. The Kier molecular flexibility index (Phi) is 3.49. The van der Waals surface area contributed by atoms with Crippen molar-refractivity contribution in [3.05, 3.63) is 0 Å². The highest BCUT2D eigenvalue weighted by Gasteiger charge is 2.30. The molecule has 0 aromatic heterocycles. The average Bonchev–Trinajstić information content (AvgIpc) is 2.58. The zero-order valence-corrected chi connectivity index (χ0v) is 7.50. The van der Waals surface area contributed by atoms with Gasteiger partial charge in [0.15, 0.2) is 6.10 Å². The van der Waals surface area contributed by atoms with Crippen LogP contribution in [0.1, 0.15) is 12.8 Å². The van der Waals surface area contributed by atoms with Crippen LogP contribution < -0.4 is 5.32 Å². The summed E-state index contributed by atoms with van der Waals surface area (Å²) in [5.74, 6) is -0.295. The van der Waals surface area contributed by atoms with Gasteiger partial charge >= 0.3 is 5.97 Å². The molecule has 1 saturated heterocycles. The van der Waals surface area contributed by atoms with E-state index in [1.54, 1.807) is 0 Å². The Balaban J connectivity index is 2.48. The quantitative estimate of drug-likeness (QED) is 0.607. The van der Waals surface area contributed by atoms with E-state index in [4.69, 9.17) is 4.74 Å². The maximum atomic E-state index is 11.1. The molecule has 4 heteroatoms. The Morgan fingerprint density at radius 2 is 2.33 bits per heavy atom. The van der Waals surface area contributed by atoms with Gasteiger partial charge in [-0.05, 0) is 19.4 Å². The minimum atomic E-state index is -0.447. The summed E-state index contributed by atoms with van der Waals surface area (Å²) in [6.45, 7) is 0.960. The Bertz CT molecular complexity index is 154. The lowest BCUT2D eigenvalue weighted by Crippen LogP contribution is -2.42. The van der Waals surface area contributed by atoms with E-state index in [0.29, 0.717) is 0 Å². The highest BCUT2D eigenvalue weighted by molar-refractivity contribution is 5.75. The number of esters is 1. The minimum Gasteiger partial charge on any atom is -0.467 e. The molecule has 4 nitrogen and oxygen atoms in total. The highest BCUT2D eigenvalue weighted by atomic mass is 16.6. The van der Waals surface area contributed by atoms with E-state index in [2.05, 4.69) is 10.1 Å². The molecule has 1 N–H and O–H groups in total. The molecule has 0 unspecified atom stereocenters. The smallest absolute Gasteiger partial charge is 0.336 e. The monoisotopic (exact) mass is 173 g/mol. The molecule has 0 spiro atoms. The molecule has 12 heavy (non-hydrogen) atoms. The van der Waals surface area contributed by atoms with Gasteiger partial charge in [0.1, 0.15) is 0 Å². The molecule has 70 valence electrons. The molecule has 2 atom stereocenters. The molecule has 0 aliphatic carbocycles. The Hall–Kier alpha value is -0.610. The van der Waals surface area contributed by atoms with Crippen LogP contribution >= 0.6 is 0 Å². The Morgan fingerprint density at radius 3 is 2.75 bits per heavy atom. The number of nitrogens with one attached hydrogen (secondary N) is 1. The third-order valence-electron chi connectivity index (χ3n) is 2.15. The fourth-order valence-electron chi connectivity index (χ4n) is 1.51. The lowest BCUT2D eigenvalue weighted by atomic mass is 10.1. The van der Waals surface area contributed by atoms with Gasteiger partial charge in [0.05, 0.1) is 7.11 Å². The van der Waals surface area contributed by atoms with Crippen LogP contribution in [0.25, 0.3) is 0 Å². The second-order valence-corrected chi connectivity index (χ2v) is 2.88. The first-order chi connectivity index (χ1) is 5.79. The first kappa shape index (κ1) is 9.48. The summed E-state index contributed by atoms with van der Waals surface area (Å²) in [6.07, 6.45) is 1.63. The summed E-state index contributed by atoms with van der Waals surface area (Å²) in [4.78, 5) is 11.1. The van der Waals surface area contributed by atoms with E-state index in [-0.39, 0.29) is 12.0 Å². The summed E-state index contributed by atoms with van der Waals surface area (Å²) in [7, 11) is 2.91. The molecular weight excluding hydrogens is 158 g/mol. The van der Waals surface area contributed by atoms with Crippen molar-refractivity contribution in [2.75, 3.05) is 20.8 Å². The van der Waals surface area contributed by atoms with Gasteiger partial charge in [0, 0.05) is 13.2 Å². The van der Waals surface area contributed by atoms with Crippen LogP contribution in [0.3, 0.4) is 0 Å². The standard InChI is InChI=1S/C8H15NO3/c1-11-7(8(10)12-2)6-4-3-5-9-6/h6-7,9H,3-5H2,1-2H3/t6-,7+/m0/s1. The summed E-state index contributed by atoms with van der Waals surface area (Å²) in [5, 5.41) is 3.20. The largest absolute Gasteiger partial charge is 0.467 e. The lowest BCUT2D eigenvalue weighted by molar-refractivity contribution is -0.153. The molecule has 0 aromatic rings. The molecule has 0 radical (unpaired) electrons. The molecule has 0 bridgehead atoms. The second-order valence-electron chi connectivity index (χ2n) is 2.88. The molecule has 0 aromatic carbocycles. The van der Waals surface area contributed by atoms with Crippen LogP contribution in [0.5, 0.6) is 0 Å². The molecule has 0 amide bonds. The van der Waals surface area contributed by atoms with Gasteiger partial charge < -0.3 is 14.8 Å². The van der Waals surface area contributed by atoms with Crippen molar-refractivity contribution in [2.24, 2.45) is 0 Å². The van der Waals surface area contributed by atoms with E-state index in [0.717, 1.165) is 19.4 Å². The molecule has 1 rings (SSSR count). The predicted octanol–water partition coefficient (Wildman–Crippen LogP) is -0.0736. The number of ether oxygens (including phenoxy) is 2. The number of carbonyl (C=O) groups is 1. The van der Waals surface area contributed by atoms with Gasteiger partial charge in [-0.15, -0.1) is 0 Å². The number of hydrogen-bond donors (Lipinski definition) is 1. The topological polar surface area (TPSA) is 47.6 Å². The summed E-state index contributed by atoms with van der Waals surface area (Å²) in [6, 6.07) is 0.127. The van der Waals surface area contributed by atoms with Crippen LogP contribution in [-0.2, 0) is 14.3 Å². The number of methoxy groups -OCH3 is 2. The summed E-state index contributed by atoms with van der Waals surface area (Å²) >= 11 is 0. The predicted molar refractivity (Wildman–Crippen MR) is 43.8 cm³/mol. The van der Waals surface area contributed by atoms with Gasteiger partial charge in [0.25, 0.3) is 0 Å². The molecule has 1 aliphatic heterocycles. The second kappa shape index (κ2) is 4.42. The maximum absolute atomic E-state index is 11.1. The average molecular weight is 173 g/mol. The van der Waals surface area contributed by atoms with Crippen molar-refractivity contribution in [2.45, 2.75) is 25.0 Å². The zero-order chi connectivity index (χ0) is 8.97. The third-order valence-corrected chi connectivity index (χ3v) is 2.15. The fourth-order valence-corrected chi connectivity index (χ4v) is 1.51. The lowest BCUT2D eigenvalue weighted by Gasteiger charge is -2.19. The highest BCUT2D eigenvalue weighted by Crippen LogP contribution is 2.12. The van der Waals surface area contributed by atoms with Crippen molar-refractivity contribution in [1.82, 2.24) is 5.32 Å². The van der Waals surface area contributed by atoms with Crippen molar-refractivity contribution < 1.29 is 14.3 Å². The Morgan fingerprint density at radius 1 is 1.58 bits per heavy atom. The van der Waals surface area contributed by atoms with E-state index in [9.17, 15) is 4.79 Å². The van der Waals surface area contributed by atoms with E-state index in [1.165, 1.54) is 14.2 Å². The molecule has 1 heterocycles. The fraction of sp³-hybridized carbons (Fsp3) is 0.875. The SMILES string of the molecule is COC(=O)[C@H](OC)[C@@H]1CCCN1. The molecule has 0 saturated carbocycles. The first-order valence-corrected chi connectivity index (χ1v) is 4.13. The molecular formula is C8H15NO3. The number of carbonyl (C=O) groups excluding carboxylic acids is 1. The van der Waals surface area contributed by atoms with Gasteiger partial charge in [0.2, 0.25) is 0 Å². The molecule has 1 fully saturated rings. The van der Waals surface area contributed by atoms with Crippen LogP contribution in [0.15, 0.2) is 0 Å². The van der Waals surface area contributed by atoms with Gasteiger partial charge in [-0.25, -0.2) is 4.79 Å². The molecule has 1 aliphatic rings. The third kappa shape index (κ3) is 1.95. The van der Waals surface area contributed by atoms with Crippen molar-refractivity contribution in [3.63, 3.8) is 0 Å². The maximum Gasteiger partial charge on any atom is 0.336 e. The number of hydrogen-bond acceptors (Lipinski definition) is 4. The van der Waals surface area contributed by atoms with Crippen molar-refractivity contribution in [1.29, 1.82) is 0 Å².